The first-order chi connectivity index (χ1) is 24.0. The second-order valence-corrected chi connectivity index (χ2v) is 13.7. The molecule has 15 heteroatoms. The van der Waals surface area contributed by atoms with Gasteiger partial charge >= 0.3 is 0 Å². The van der Waals surface area contributed by atoms with Gasteiger partial charge in [-0.3, -0.25) is 10.2 Å². The van der Waals surface area contributed by atoms with Gasteiger partial charge in [-0.2, -0.15) is 19.2 Å². The van der Waals surface area contributed by atoms with E-state index in [-0.39, 0.29) is 0 Å². The van der Waals surface area contributed by atoms with Crippen LogP contribution in [0.2, 0.25) is 0 Å². The van der Waals surface area contributed by atoms with Gasteiger partial charge < -0.3 is 20.1 Å². The third-order valence-corrected chi connectivity index (χ3v) is 9.81. The van der Waals surface area contributed by atoms with Crippen molar-refractivity contribution in [1.29, 1.82) is 0 Å². The summed E-state index contributed by atoms with van der Waals surface area (Å²) >= 11 is 7.08. The third kappa shape index (κ3) is 8.01. The highest BCUT2D eigenvalue weighted by Crippen LogP contribution is 2.31. The van der Waals surface area contributed by atoms with E-state index in [2.05, 4.69) is 75.9 Å². The molecule has 2 aliphatic rings. The molecule has 2 saturated heterocycles. The van der Waals surface area contributed by atoms with Gasteiger partial charge in [0.25, 0.3) is 0 Å². The van der Waals surface area contributed by atoms with Crippen LogP contribution in [0.25, 0.3) is 11.3 Å². The lowest BCUT2D eigenvalue weighted by Gasteiger charge is -2.22. The standard InChI is InChI=1S/C17H19BrN5O2.C17H18BrN5O/c18-14-10-20-23-16(19-9-12-2-1-5-22(24)11-12)8-15(21-17(14)23)13-3-6-25-7-4-13;18-14-11-21-23-16(20-10-12-2-1-5-19-9-12)8-15(22-17(14)23)13-3-6-24-7-4-13/h1-2,5,8,10-11,13,19,24H,3-4,6-7,9H2;1-2,5,8-9,11,13,20H,3-4,6-7,10H2/q+1;. The van der Waals surface area contributed by atoms with Gasteiger partial charge in [0, 0.05) is 104 Å². The number of nitrogens with zero attached hydrogens (tertiary/aromatic N) is 8. The Labute approximate surface area is 299 Å². The number of rotatable bonds is 8. The maximum atomic E-state index is 9.54. The van der Waals surface area contributed by atoms with Crippen molar-refractivity contribution < 1.29 is 19.4 Å². The molecule has 0 saturated carbocycles. The molecule has 2 aliphatic heterocycles. The van der Waals surface area contributed by atoms with Gasteiger partial charge in [0.1, 0.15) is 11.6 Å². The largest absolute Gasteiger partial charge is 0.381 e. The normalized spacial score (nSPS) is 15.6. The Balaban J connectivity index is 0.000000154. The SMILES string of the molecule is Brc1cnn2c(NCc3cccnc3)cc(C3CCOCC3)nc12.O[n+]1cccc(CNc2cc(C3CCOCC3)nc3c(Br)cnn23)c1. The second-order valence-electron chi connectivity index (χ2n) is 12.0. The van der Waals surface area contributed by atoms with Crippen molar-refractivity contribution in [3.8, 4) is 0 Å². The summed E-state index contributed by atoms with van der Waals surface area (Å²) in [4.78, 5) is 13.8. The molecule has 6 aromatic heterocycles. The number of hydrogen-bond acceptors (Lipinski definition) is 10. The Morgan fingerprint density at radius 2 is 1.29 bits per heavy atom. The second kappa shape index (κ2) is 15.6. The number of aromatic nitrogens is 8. The van der Waals surface area contributed by atoms with E-state index in [9.17, 15) is 5.21 Å². The van der Waals surface area contributed by atoms with E-state index >= 15 is 0 Å². The van der Waals surface area contributed by atoms with Crippen LogP contribution in [0.3, 0.4) is 0 Å². The minimum atomic E-state index is 0.400. The highest BCUT2D eigenvalue weighted by molar-refractivity contribution is 9.11. The number of pyridine rings is 2. The van der Waals surface area contributed by atoms with Gasteiger partial charge in [-0.05, 0) is 75.2 Å². The minimum Gasteiger partial charge on any atom is -0.381 e. The van der Waals surface area contributed by atoms with Gasteiger partial charge in [0.2, 0.25) is 12.4 Å². The fourth-order valence-corrected chi connectivity index (χ4v) is 6.77. The Morgan fingerprint density at radius 1 is 0.755 bits per heavy atom. The zero-order chi connectivity index (χ0) is 33.6. The van der Waals surface area contributed by atoms with E-state index in [1.165, 1.54) is 0 Å². The average Bonchev–Trinajstić information content (AvgIpc) is 3.72. The maximum absolute atomic E-state index is 9.54. The molecule has 0 bridgehead atoms. The molecular formula is C34H37Br2N10O3+. The summed E-state index contributed by atoms with van der Waals surface area (Å²) in [5.74, 6) is 2.66. The van der Waals surface area contributed by atoms with Crippen LogP contribution in [0.5, 0.6) is 0 Å². The summed E-state index contributed by atoms with van der Waals surface area (Å²) in [6.45, 7) is 4.43. The fraction of sp³-hybridized carbons (Fsp3) is 0.353. The lowest BCUT2D eigenvalue weighted by molar-refractivity contribution is -0.905. The van der Waals surface area contributed by atoms with Gasteiger partial charge in [0.15, 0.2) is 11.3 Å². The smallest absolute Gasteiger partial charge is 0.227 e. The first-order valence-electron chi connectivity index (χ1n) is 16.3. The van der Waals surface area contributed by atoms with Crippen molar-refractivity contribution in [3.05, 3.63) is 105 Å². The van der Waals surface area contributed by atoms with Gasteiger partial charge in [-0.25, -0.2) is 9.97 Å². The van der Waals surface area contributed by atoms with Crippen LogP contribution in [-0.2, 0) is 22.6 Å². The van der Waals surface area contributed by atoms with Crippen LogP contribution in [0, 0.1) is 0 Å². The number of anilines is 2. The van der Waals surface area contributed by atoms with Crippen molar-refractivity contribution >= 4 is 54.8 Å². The highest BCUT2D eigenvalue weighted by Gasteiger charge is 2.22. The molecular weight excluding hydrogens is 756 g/mol. The molecule has 0 spiro atoms. The highest BCUT2D eigenvalue weighted by atomic mass is 79.9. The van der Waals surface area contributed by atoms with Crippen molar-refractivity contribution in [2.75, 3.05) is 37.1 Å². The molecule has 0 amide bonds. The molecule has 0 unspecified atom stereocenters. The van der Waals surface area contributed by atoms with Crippen molar-refractivity contribution in [1.82, 2.24) is 34.2 Å². The number of nitrogens with one attached hydrogen (secondary N) is 2. The van der Waals surface area contributed by atoms with Crippen LogP contribution < -0.4 is 15.4 Å². The van der Waals surface area contributed by atoms with Crippen LogP contribution >= 0.6 is 31.9 Å². The molecule has 0 aliphatic carbocycles. The van der Waals surface area contributed by atoms with Gasteiger partial charge in [-0.15, -0.1) is 0 Å². The molecule has 8 rings (SSSR count). The quantitative estimate of drug-likeness (QED) is 0.126. The summed E-state index contributed by atoms with van der Waals surface area (Å²) in [7, 11) is 0. The molecule has 8 heterocycles. The lowest BCUT2D eigenvalue weighted by atomic mass is 9.96. The van der Waals surface area contributed by atoms with Crippen molar-refractivity contribution in [2.24, 2.45) is 0 Å². The van der Waals surface area contributed by atoms with Crippen LogP contribution in [-0.4, -0.2) is 65.8 Å². The summed E-state index contributed by atoms with van der Waals surface area (Å²) in [6, 6.07) is 11.9. The molecule has 3 N–H and O–H groups in total. The average molecular weight is 794 g/mol. The van der Waals surface area contributed by atoms with E-state index in [1.54, 1.807) is 41.6 Å². The maximum Gasteiger partial charge on any atom is 0.227 e. The Bertz CT molecular complexity index is 2010. The van der Waals surface area contributed by atoms with Gasteiger partial charge in [-0.1, -0.05) is 6.07 Å². The number of ether oxygens (including phenoxy) is 2. The van der Waals surface area contributed by atoms with E-state index in [0.29, 0.717) is 24.9 Å². The van der Waals surface area contributed by atoms with E-state index in [0.717, 1.165) is 111 Å². The molecule has 0 atom stereocenters. The topological polar surface area (TPSA) is 140 Å². The molecule has 0 aromatic carbocycles. The summed E-state index contributed by atoms with van der Waals surface area (Å²) in [5, 5.41) is 25.2. The van der Waals surface area contributed by atoms with E-state index < -0.39 is 0 Å². The molecule has 254 valence electrons. The predicted molar refractivity (Wildman–Crippen MR) is 190 cm³/mol. The van der Waals surface area contributed by atoms with E-state index in [1.807, 2.05) is 22.8 Å². The fourth-order valence-electron chi connectivity index (χ4n) is 6.07. The summed E-state index contributed by atoms with van der Waals surface area (Å²) in [5.41, 5.74) is 5.89. The Morgan fingerprint density at radius 3 is 1.80 bits per heavy atom. The van der Waals surface area contributed by atoms with E-state index in [4.69, 9.17) is 19.4 Å². The predicted octanol–water partition coefficient (Wildman–Crippen LogP) is 5.92. The van der Waals surface area contributed by atoms with Crippen LogP contribution in [0.4, 0.5) is 11.6 Å². The number of fused-ring (bicyclic) bond motifs is 2. The Hall–Kier alpha value is -4.18. The van der Waals surface area contributed by atoms with Crippen LogP contribution in [0.15, 0.2) is 82.5 Å². The first kappa shape index (κ1) is 33.3. The number of halogens is 2. The number of hydrogen-bond donors (Lipinski definition) is 3. The molecule has 13 nitrogen and oxygen atoms in total. The minimum absolute atomic E-state index is 0.400. The molecule has 6 aromatic rings. The molecule has 2 fully saturated rings. The summed E-state index contributed by atoms with van der Waals surface area (Å²) < 4.78 is 17.4. The monoisotopic (exact) mass is 791 g/mol. The Kier molecular flexibility index (Phi) is 10.6. The molecule has 49 heavy (non-hydrogen) atoms. The third-order valence-electron chi connectivity index (χ3n) is 8.69. The van der Waals surface area contributed by atoms with Crippen molar-refractivity contribution in [2.45, 2.75) is 50.6 Å². The van der Waals surface area contributed by atoms with Gasteiger partial charge in [0.05, 0.1) is 21.3 Å². The first-order valence-corrected chi connectivity index (χ1v) is 17.9. The molecule has 0 radical (unpaired) electrons. The summed E-state index contributed by atoms with van der Waals surface area (Å²) in [6.07, 6.45) is 14.4. The lowest BCUT2D eigenvalue weighted by Crippen LogP contribution is -2.29. The zero-order valence-corrected chi connectivity index (χ0v) is 29.9. The zero-order valence-electron chi connectivity index (χ0n) is 26.8. The van der Waals surface area contributed by atoms with Crippen LogP contribution in [0.1, 0.15) is 60.0 Å². The van der Waals surface area contributed by atoms with Crippen molar-refractivity contribution in [3.63, 3.8) is 0 Å².